The van der Waals surface area contributed by atoms with E-state index in [4.69, 9.17) is 20.0 Å². The molecule has 0 amide bonds. The van der Waals surface area contributed by atoms with Crippen molar-refractivity contribution >= 4 is 0 Å². The first-order chi connectivity index (χ1) is 8.72. The smallest absolute Gasteiger partial charge is 0.168 e. The summed E-state index contributed by atoms with van der Waals surface area (Å²) >= 11 is 0. The largest absolute Gasteiger partial charge is 0.481 e. The van der Waals surface area contributed by atoms with Crippen molar-refractivity contribution in [3.63, 3.8) is 0 Å². The van der Waals surface area contributed by atoms with Crippen molar-refractivity contribution in [2.75, 3.05) is 6.54 Å². The van der Waals surface area contributed by atoms with Crippen LogP contribution < -0.4 is 10.5 Å². The Bertz CT molecular complexity index is 490. The van der Waals surface area contributed by atoms with Gasteiger partial charge in [0.1, 0.15) is 17.3 Å². The number of benzene rings is 1. The lowest BCUT2D eigenvalue weighted by Gasteiger charge is -2.15. The molecule has 3 N–H and O–H groups in total. The molecule has 0 bridgehead atoms. The molecule has 96 valence electrons. The average molecular weight is 247 g/mol. The standard InChI is InChI=1S/C14H17NO3/c1-10-2-7-13(17-10)14(8-15)18-12-5-3-11(9-16)4-6-12/h2-7,14,16H,8-9,15H2,1H3. The van der Waals surface area contributed by atoms with Gasteiger partial charge in [-0.05, 0) is 36.8 Å². The lowest BCUT2D eigenvalue weighted by atomic mass is 10.2. The lowest BCUT2D eigenvalue weighted by Crippen LogP contribution is -2.17. The Balaban J connectivity index is 2.10. The number of hydrogen-bond acceptors (Lipinski definition) is 4. The minimum atomic E-state index is -0.293. The maximum atomic E-state index is 8.96. The number of furan rings is 1. The van der Waals surface area contributed by atoms with Crippen LogP contribution in [0.1, 0.15) is 23.2 Å². The molecular weight excluding hydrogens is 230 g/mol. The fourth-order valence-electron chi connectivity index (χ4n) is 1.69. The van der Waals surface area contributed by atoms with Crippen LogP contribution in [0.15, 0.2) is 40.8 Å². The van der Waals surface area contributed by atoms with Crippen molar-refractivity contribution in [1.29, 1.82) is 0 Å². The molecule has 4 heteroatoms. The Labute approximate surface area is 106 Å². The quantitative estimate of drug-likeness (QED) is 0.849. The minimum absolute atomic E-state index is 0.0258. The van der Waals surface area contributed by atoms with Gasteiger partial charge >= 0.3 is 0 Å². The van der Waals surface area contributed by atoms with E-state index in [0.717, 1.165) is 17.1 Å². The van der Waals surface area contributed by atoms with Gasteiger partial charge in [-0.25, -0.2) is 0 Å². The molecule has 0 radical (unpaired) electrons. The minimum Gasteiger partial charge on any atom is -0.481 e. The number of rotatable bonds is 5. The molecule has 0 aliphatic rings. The van der Waals surface area contributed by atoms with Crippen LogP contribution in [0.3, 0.4) is 0 Å². The first-order valence-electron chi connectivity index (χ1n) is 5.86. The van der Waals surface area contributed by atoms with Crippen LogP contribution in [0.25, 0.3) is 0 Å². The van der Waals surface area contributed by atoms with Gasteiger partial charge in [-0.1, -0.05) is 12.1 Å². The topological polar surface area (TPSA) is 68.6 Å². The molecule has 0 saturated heterocycles. The van der Waals surface area contributed by atoms with Crippen LogP contribution in [0.4, 0.5) is 0 Å². The van der Waals surface area contributed by atoms with E-state index in [1.807, 2.05) is 43.3 Å². The molecule has 1 atom stereocenters. The highest BCUT2D eigenvalue weighted by Gasteiger charge is 2.15. The predicted molar refractivity (Wildman–Crippen MR) is 68.2 cm³/mol. The number of nitrogens with two attached hydrogens (primary N) is 1. The third kappa shape index (κ3) is 2.91. The summed E-state index contributed by atoms with van der Waals surface area (Å²) in [6, 6.07) is 11.0. The van der Waals surface area contributed by atoms with E-state index in [-0.39, 0.29) is 12.7 Å². The van der Waals surface area contributed by atoms with Crippen molar-refractivity contribution in [1.82, 2.24) is 0 Å². The van der Waals surface area contributed by atoms with Gasteiger partial charge in [-0.2, -0.15) is 0 Å². The van der Waals surface area contributed by atoms with Gasteiger partial charge in [-0.3, -0.25) is 0 Å². The van der Waals surface area contributed by atoms with Gasteiger partial charge < -0.3 is 20.0 Å². The summed E-state index contributed by atoms with van der Waals surface area (Å²) in [4.78, 5) is 0. The zero-order chi connectivity index (χ0) is 13.0. The van der Waals surface area contributed by atoms with Gasteiger partial charge in [0, 0.05) is 6.54 Å². The fourth-order valence-corrected chi connectivity index (χ4v) is 1.69. The molecule has 0 aliphatic heterocycles. The molecule has 2 rings (SSSR count). The van der Waals surface area contributed by atoms with E-state index in [0.29, 0.717) is 12.3 Å². The predicted octanol–water partition coefficient (Wildman–Crippen LogP) is 2.16. The van der Waals surface area contributed by atoms with Crippen LogP contribution in [-0.2, 0) is 6.61 Å². The number of hydrogen-bond donors (Lipinski definition) is 2. The summed E-state index contributed by atoms with van der Waals surface area (Å²) in [5.74, 6) is 2.26. The monoisotopic (exact) mass is 247 g/mol. The van der Waals surface area contributed by atoms with E-state index in [9.17, 15) is 0 Å². The second-order valence-corrected chi connectivity index (χ2v) is 4.09. The van der Waals surface area contributed by atoms with E-state index in [1.54, 1.807) is 0 Å². The average Bonchev–Trinajstić information content (AvgIpc) is 2.83. The van der Waals surface area contributed by atoms with Crippen LogP contribution in [-0.4, -0.2) is 11.7 Å². The summed E-state index contributed by atoms with van der Waals surface area (Å²) in [7, 11) is 0. The van der Waals surface area contributed by atoms with Gasteiger partial charge in [0.15, 0.2) is 6.10 Å². The molecule has 2 aromatic rings. The third-order valence-corrected chi connectivity index (χ3v) is 2.68. The van der Waals surface area contributed by atoms with E-state index in [1.165, 1.54) is 0 Å². The second kappa shape index (κ2) is 5.71. The molecule has 1 unspecified atom stereocenters. The molecule has 1 aromatic carbocycles. The summed E-state index contributed by atoms with van der Waals surface area (Å²) < 4.78 is 11.3. The molecule has 0 saturated carbocycles. The first-order valence-corrected chi connectivity index (χ1v) is 5.86. The van der Waals surface area contributed by atoms with Gasteiger partial charge in [0.05, 0.1) is 6.61 Å². The highest BCUT2D eigenvalue weighted by molar-refractivity contribution is 5.27. The van der Waals surface area contributed by atoms with Crippen molar-refractivity contribution < 1.29 is 14.3 Å². The Morgan fingerprint density at radius 1 is 1.22 bits per heavy atom. The maximum Gasteiger partial charge on any atom is 0.168 e. The molecule has 0 spiro atoms. The molecule has 1 heterocycles. The zero-order valence-corrected chi connectivity index (χ0v) is 10.3. The zero-order valence-electron chi connectivity index (χ0n) is 10.3. The molecule has 4 nitrogen and oxygen atoms in total. The normalized spacial score (nSPS) is 12.4. The van der Waals surface area contributed by atoms with E-state index >= 15 is 0 Å². The summed E-state index contributed by atoms with van der Waals surface area (Å²) in [5, 5.41) is 8.96. The van der Waals surface area contributed by atoms with E-state index < -0.39 is 0 Å². The van der Waals surface area contributed by atoms with Gasteiger partial charge in [-0.15, -0.1) is 0 Å². The Hall–Kier alpha value is -1.78. The molecule has 1 aromatic heterocycles. The SMILES string of the molecule is Cc1ccc(C(CN)Oc2ccc(CO)cc2)o1. The summed E-state index contributed by atoms with van der Waals surface area (Å²) in [5.41, 5.74) is 6.54. The Kier molecular flexibility index (Phi) is 4.02. The van der Waals surface area contributed by atoms with Crippen LogP contribution in [0.5, 0.6) is 5.75 Å². The molecular formula is C14H17NO3. The highest BCUT2D eigenvalue weighted by Crippen LogP contribution is 2.23. The molecule has 18 heavy (non-hydrogen) atoms. The van der Waals surface area contributed by atoms with Crippen molar-refractivity contribution in [2.24, 2.45) is 5.73 Å². The van der Waals surface area contributed by atoms with Gasteiger partial charge in [0.25, 0.3) is 0 Å². The maximum absolute atomic E-state index is 8.96. The van der Waals surface area contributed by atoms with Crippen LogP contribution >= 0.6 is 0 Å². The molecule has 0 fully saturated rings. The number of ether oxygens (including phenoxy) is 1. The highest BCUT2D eigenvalue weighted by atomic mass is 16.5. The van der Waals surface area contributed by atoms with Crippen molar-refractivity contribution in [3.05, 3.63) is 53.5 Å². The van der Waals surface area contributed by atoms with Crippen molar-refractivity contribution in [2.45, 2.75) is 19.6 Å². The van der Waals surface area contributed by atoms with E-state index in [2.05, 4.69) is 0 Å². The fraction of sp³-hybridized carbons (Fsp3) is 0.286. The number of aliphatic hydroxyl groups is 1. The number of aryl methyl sites for hydroxylation is 1. The first kappa shape index (κ1) is 12.7. The van der Waals surface area contributed by atoms with Crippen LogP contribution in [0.2, 0.25) is 0 Å². The van der Waals surface area contributed by atoms with Crippen molar-refractivity contribution in [3.8, 4) is 5.75 Å². The lowest BCUT2D eigenvalue weighted by molar-refractivity contribution is 0.182. The second-order valence-electron chi connectivity index (χ2n) is 4.09. The summed E-state index contributed by atoms with van der Waals surface area (Å²) in [6.45, 7) is 2.25. The molecule has 0 aliphatic carbocycles. The Morgan fingerprint density at radius 2 is 1.94 bits per heavy atom. The van der Waals surface area contributed by atoms with Crippen LogP contribution in [0, 0.1) is 6.92 Å². The Morgan fingerprint density at radius 3 is 2.44 bits per heavy atom. The van der Waals surface area contributed by atoms with Gasteiger partial charge in [0.2, 0.25) is 0 Å². The third-order valence-electron chi connectivity index (χ3n) is 2.68. The number of aliphatic hydroxyl groups excluding tert-OH is 1. The summed E-state index contributed by atoms with van der Waals surface area (Å²) in [6.07, 6.45) is -0.293.